The summed E-state index contributed by atoms with van der Waals surface area (Å²) in [4.78, 5) is 22.9. The van der Waals surface area contributed by atoms with Gasteiger partial charge in [-0.15, -0.1) is 0 Å². The van der Waals surface area contributed by atoms with Crippen molar-refractivity contribution in [2.45, 2.75) is 77.0 Å². The highest BCUT2D eigenvalue weighted by Crippen LogP contribution is 2.12. The van der Waals surface area contributed by atoms with Gasteiger partial charge in [-0.2, -0.15) is 0 Å². The highest BCUT2D eigenvalue weighted by atomic mass is 16.5. The van der Waals surface area contributed by atoms with E-state index in [-0.39, 0.29) is 18.2 Å². The van der Waals surface area contributed by atoms with Crippen molar-refractivity contribution in [3.05, 3.63) is 0 Å². The van der Waals surface area contributed by atoms with Gasteiger partial charge in [-0.25, -0.2) is 0 Å². The van der Waals surface area contributed by atoms with Gasteiger partial charge in [0.15, 0.2) is 0 Å². The quantitative estimate of drug-likeness (QED) is 0.618. The second-order valence-electron chi connectivity index (χ2n) is 5.19. The van der Waals surface area contributed by atoms with Gasteiger partial charge in [-0.3, -0.25) is 9.59 Å². The summed E-state index contributed by atoms with van der Waals surface area (Å²) < 4.78 is 5.10. The predicted molar refractivity (Wildman–Crippen MR) is 71.4 cm³/mol. The largest absolute Gasteiger partial charge is 0.466 e. The molecule has 0 unspecified atom stereocenters. The minimum atomic E-state index is -0.213. The summed E-state index contributed by atoms with van der Waals surface area (Å²) in [5, 5.41) is 0. The lowest BCUT2D eigenvalue weighted by atomic mass is 10.0. The van der Waals surface area contributed by atoms with E-state index in [1.165, 1.54) is 32.1 Å². The molecular formula is C15H26O3. The Balaban J connectivity index is 2.23. The molecule has 0 spiro atoms. The van der Waals surface area contributed by atoms with Crippen LogP contribution in [0.3, 0.4) is 0 Å². The summed E-state index contributed by atoms with van der Waals surface area (Å²) in [5.74, 6) is -0.00510. The van der Waals surface area contributed by atoms with Crippen LogP contribution < -0.4 is 0 Å². The van der Waals surface area contributed by atoms with E-state index in [2.05, 4.69) is 0 Å². The molecule has 0 atom stereocenters. The van der Waals surface area contributed by atoms with Crippen LogP contribution in [0.25, 0.3) is 0 Å². The van der Waals surface area contributed by atoms with Gasteiger partial charge in [0.05, 0.1) is 13.0 Å². The van der Waals surface area contributed by atoms with E-state index in [0.29, 0.717) is 19.4 Å². The summed E-state index contributed by atoms with van der Waals surface area (Å²) in [6.07, 6.45) is 11.9. The summed E-state index contributed by atoms with van der Waals surface area (Å²) in [5.41, 5.74) is 0. The fourth-order valence-electron chi connectivity index (χ4n) is 2.29. The van der Waals surface area contributed by atoms with E-state index >= 15 is 0 Å². The Labute approximate surface area is 110 Å². The Morgan fingerprint density at radius 2 is 1.17 bits per heavy atom. The zero-order valence-electron chi connectivity index (χ0n) is 11.4. The van der Waals surface area contributed by atoms with Crippen LogP contribution in [0.5, 0.6) is 0 Å². The molecule has 0 saturated carbocycles. The maximum absolute atomic E-state index is 11.5. The van der Waals surface area contributed by atoms with Crippen molar-refractivity contribution in [2.24, 2.45) is 0 Å². The highest BCUT2D eigenvalue weighted by molar-refractivity contribution is 5.82. The molecule has 0 radical (unpaired) electrons. The summed E-state index contributed by atoms with van der Waals surface area (Å²) >= 11 is 0. The van der Waals surface area contributed by atoms with Crippen LogP contribution in [0.4, 0.5) is 0 Å². The Morgan fingerprint density at radius 1 is 0.611 bits per heavy atom. The number of ether oxygens (including phenoxy) is 1. The second kappa shape index (κ2) is 10.1. The first-order valence-electron chi connectivity index (χ1n) is 7.46. The summed E-state index contributed by atoms with van der Waals surface area (Å²) in [6.45, 7) is 0.521. The maximum Gasteiger partial charge on any atom is 0.306 e. The van der Waals surface area contributed by atoms with Crippen molar-refractivity contribution in [3.8, 4) is 0 Å². The van der Waals surface area contributed by atoms with E-state index in [4.69, 9.17) is 4.74 Å². The van der Waals surface area contributed by atoms with Crippen molar-refractivity contribution in [1.29, 1.82) is 0 Å². The van der Waals surface area contributed by atoms with Crippen LogP contribution in [0, 0.1) is 0 Å². The molecule has 1 rings (SSSR count). The first-order chi connectivity index (χ1) is 8.79. The summed E-state index contributed by atoms with van der Waals surface area (Å²) in [7, 11) is 0. The smallest absolute Gasteiger partial charge is 0.306 e. The third kappa shape index (κ3) is 8.26. The van der Waals surface area contributed by atoms with Gasteiger partial charge in [0.1, 0.15) is 5.78 Å². The molecule has 0 aliphatic carbocycles. The van der Waals surface area contributed by atoms with Crippen molar-refractivity contribution in [3.63, 3.8) is 0 Å². The van der Waals surface area contributed by atoms with Gasteiger partial charge in [-0.05, 0) is 12.8 Å². The number of ketones is 1. The fraction of sp³-hybridized carbons (Fsp3) is 0.867. The Kier molecular flexibility index (Phi) is 8.53. The Morgan fingerprint density at radius 3 is 1.83 bits per heavy atom. The lowest BCUT2D eigenvalue weighted by Crippen LogP contribution is -2.09. The minimum absolute atomic E-state index is 0.207. The lowest BCUT2D eigenvalue weighted by Gasteiger charge is -2.06. The Hall–Kier alpha value is -0.860. The number of rotatable bonds is 0. The van der Waals surface area contributed by atoms with Crippen LogP contribution >= 0.6 is 0 Å². The van der Waals surface area contributed by atoms with Crippen LogP contribution in [0.2, 0.25) is 0 Å². The van der Waals surface area contributed by atoms with Gasteiger partial charge < -0.3 is 4.74 Å². The molecule has 1 heterocycles. The number of carbonyl (C=O) groups excluding carboxylic acids is 2. The van der Waals surface area contributed by atoms with Crippen LogP contribution in [0.15, 0.2) is 0 Å². The molecule has 18 heavy (non-hydrogen) atoms. The van der Waals surface area contributed by atoms with E-state index in [1.54, 1.807) is 0 Å². The third-order valence-electron chi connectivity index (χ3n) is 3.47. The summed E-state index contributed by atoms with van der Waals surface area (Å²) in [6, 6.07) is 0. The molecular weight excluding hydrogens is 228 g/mol. The van der Waals surface area contributed by atoms with E-state index in [0.717, 1.165) is 25.7 Å². The number of esters is 1. The van der Waals surface area contributed by atoms with Gasteiger partial charge in [-0.1, -0.05) is 44.9 Å². The lowest BCUT2D eigenvalue weighted by molar-refractivity contribution is -0.145. The molecule has 0 aromatic rings. The zero-order valence-corrected chi connectivity index (χ0v) is 11.4. The van der Waals surface area contributed by atoms with E-state index in [1.807, 2.05) is 0 Å². The molecule has 0 N–H and O–H groups in total. The maximum atomic E-state index is 11.5. The van der Waals surface area contributed by atoms with Gasteiger partial charge >= 0.3 is 5.97 Å². The molecule has 104 valence electrons. The van der Waals surface area contributed by atoms with E-state index in [9.17, 15) is 9.59 Å². The highest BCUT2D eigenvalue weighted by Gasteiger charge is 2.08. The normalized spacial score (nSPS) is 22.4. The average molecular weight is 254 g/mol. The first kappa shape index (κ1) is 15.2. The third-order valence-corrected chi connectivity index (χ3v) is 3.47. The molecule has 3 nitrogen and oxygen atoms in total. The molecule has 3 heteroatoms. The Bertz CT molecular complexity index is 222. The topological polar surface area (TPSA) is 43.4 Å². The van der Waals surface area contributed by atoms with Crippen LogP contribution in [-0.4, -0.2) is 18.4 Å². The number of Topliss-reactive ketones (excluding diaryl/α,β-unsaturated/α-hetero) is 1. The molecule has 1 aliphatic heterocycles. The van der Waals surface area contributed by atoms with Crippen molar-refractivity contribution in [1.82, 2.24) is 0 Å². The molecule has 0 aromatic carbocycles. The monoisotopic (exact) mass is 254 g/mol. The van der Waals surface area contributed by atoms with E-state index < -0.39 is 0 Å². The van der Waals surface area contributed by atoms with Crippen LogP contribution in [-0.2, 0) is 14.3 Å². The zero-order chi connectivity index (χ0) is 13.1. The standard InChI is InChI=1S/C15H26O3/c16-14-10-8-6-4-2-1-3-5-7-9-13-18-15(17)12-11-14/h1-13H2. The second-order valence-corrected chi connectivity index (χ2v) is 5.19. The number of cyclic esters (lactones) is 1. The molecule has 1 aliphatic rings. The van der Waals surface area contributed by atoms with Crippen molar-refractivity contribution in [2.75, 3.05) is 6.61 Å². The number of hydrogen-bond acceptors (Lipinski definition) is 3. The van der Waals surface area contributed by atoms with Crippen LogP contribution in [0.1, 0.15) is 77.0 Å². The average Bonchev–Trinajstić information content (AvgIpc) is 2.36. The fourth-order valence-corrected chi connectivity index (χ4v) is 2.29. The van der Waals surface area contributed by atoms with Crippen molar-refractivity contribution >= 4 is 11.8 Å². The van der Waals surface area contributed by atoms with Gasteiger partial charge in [0, 0.05) is 12.8 Å². The molecule has 0 aromatic heterocycles. The minimum Gasteiger partial charge on any atom is -0.466 e. The van der Waals surface area contributed by atoms with Crippen molar-refractivity contribution < 1.29 is 14.3 Å². The molecule has 0 bridgehead atoms. The molecule has 1 saturated heterocycles. The van der Waals surface area contributed by atoms with Gasteiger partial charge in [0.25, 0.3) is 0 Å². The number of carbonyl (C=O) groups is 2. The predicted octanol–water partition coefficient (Wildman–Crippen LogP) is 3.79. The first-order valence-corrected chi connectivity index (χ1v) is 7.46. The molecule has 0 amide bonds. The molecule has 1 fully saturated rings. The number of hydrogen-bond donors (Lipinski definition) is 0. The van der Waals surface area contributed by atoms with Gasteiger partial charge in [0.2, 0.25) is 0 Å². The SMILES string of the molecule is O=C1CCCCCCCCCCCOC(=O)CC1.